The molecule has 0 bridgehead atoms. The van der Waals surface area contributed by atoms with Gasteiger partial charge in [-0.2, -0.15) is 0 Å². The predicted molar refractivity (Wildman–Crippen MR) is 152 cm³/mol. The van der Waals surface area contributed by atoms with Crippen molar-refractivity contribution in [1.29, 1.82) is 0 Å². The second kappa shape index (κ2) is 13.5. The van der Waals surface area contributed by atoms with Gasteiger partial charge in [-0.25, -0.2) is 0 Å². The lowest BCUT2D eigenvalue weighted by Gasteiger charge is -2.26. The van der Waals surface area contributed by atoms with Crippen LogP contribution < -0.4 is 5.32 Å². The fourth-order valence-electron chi connectivity index (χ4n) is 4.87. The average Bonchev–Trinajstić information content (AvgIpc) is 3.16. The van der Waals surface area contributed by atoms with Crippen LogP contribution in [-0.2, 0) is 16.0 Å². The molecule has 38 heavy (non-hydrogen) atoms. The minimum Gasteiger partial charge on any atom is -0.508 e. The van der Waals surface area contributed by atoms with Crippen LogP contribution in [0.1, 0.15) is 74.5 Å². The molecule has 1 atom stereocenters. The summed E-state index contributed by atoms with van der Waals surface area (Å²) >= 11 is 6.00. The highest BCUT2D eigenvalue weighted by Crippen LogP contribution is 2.30. The summed E-state index contributed by atoms with van der Waals surface area (Å²) < 4.78 is 1.56. The Hall–Kier alpha value is -3.32. The minimum absolute atomic E-state index is 0.0241. The Bertz CT molecular complexity index is 1280. The van der Waals surface area contributed by atoms with Gasteiger partial charge in [0.2, 0.25) is 11.8 Å². The van der Waals surface area contributed by atoms with Gasteiger partial charge in [0.15, 0.2) is 0 Å². The number of hydrogen-bond donors (Lipinski definition) is 2. The number of rotatable bonds is 12. The number of nitrogens with one attached hydrogen (secondary N) is 1. The van der Waals surface area contributed by atoms with Gasteiger partial charge >= 0.3 is 0 Å². The molecule has 1 unspecified atom stereocenters. The molecule has 204 valence electrons. The molecule has 0 spiro atoms. The third-order valence-electron chi connectivity index (χ3n) is 7.00. The summed E-state index contributed by atoms with van der Waals surface area (Å²) in [6, 6.07) is 10.8. The highest BCUT2D eigenvalue weighted by molar-refractivity contribution is 6.30. The standard InChI is InChI=1S/C30H38ClN3O4/c1-5-8-9-10-11-26(30(38)33(6-2)7-3)32-28(36)19-24-20(4)34(27-17-16-23(35)18-25(24)27)29(37)21-12-14-22(31)15-13-21/h12-18,26,35H,5-11,19H2,1-4H3,(H,32,36). The molecule has 0 aliphatic heterocycles. The number of likely N-dealkylation sites (N-methyl/N-ethyl adjacent to an activating group) is 1. The zero-order valence-electron chi connectivity index (χ0n) is 22.7. The number of phenolic OH excluding ortho intramolecular Hbond substituents is 1. The van der Waals surface area contributed by atoms with Crippen LogP contribution in [0, 0.1) is 6.92 Å². The fourth-order valence-corrected chi connectivity index (χ4v) is 5.00. The van der Waals surface area contributed by atoms with Gasteiger partial charge in [0.05, 0.1) is 11.9 Å². The van der Waals surface area contributed by atoms with Crippen molar-refractivity contribution >= 4 is 40.2 Å². The second-order valence-electron chi connectivity index (χ2n) is 9.57. The first-order valence-corrected chi connectivity index (χ1v) is 13.8. The number of phenols is 1. The normalized spacial score (nSPS) is 11.9. The summed E-state index contributed by atoms with van der Waals surface area (Å²) in [6.45, 7) is 8.94. The van der Waals surface area contributed by atoms with E-state index in [1.807, 2.05) is 13.8 Å². The van der Waals surface area contributed by atoms with Gasteiger partial charge in [0.25, 0.3) is 5.91 Å². The average molecular weight is 540 g/mol. The number of benzene rings is 2. The molecule has 0 aliphatic carbocycles. The molecule has 8 heteroatoms. The molecule has 0 radical (unpaired) electrons. The first kappa shape index (κ1) is 29.2. The molecule has 0 fully saturated rings. The summed E-state index contributed by atoms with van der Waals surface area (Å²) in [7, 11) is 0. The van der Waals surface area contributed by atoms with Crippen LogP contribution in [0.3, 0.4) is 0 Å². The van der Waals surface area contributed by atoms with Crippen molar-refractivity contribution in [2.75, 3.05) is 13.1 Å². The summed E-state index contributed by atoms with van der Waals surface area (Å²) in [5.74, 6) is -0.585. The summed E-state index contributed by atoms with van der Waals surface area (Å²) in [5, 5.41) is 14.3. The maximum atomic E-state index is 13.5. The maximum Gasteiger partial charge on any atom is 0.262 e. The topological polar surface area (TPSA) is 91.6 Å². The number of carbonyl (C=O) groups is 3. The summed E-state index contributed by atoms with van der Waals surface area (Å²) in [5.41, 5.74) is 2.29. The van der Waals surface area contributed by atoms with E-state index in [1.54, 1.807) is 52.8 Å². The van der Waals surface area contributed by atoms with Gasteiger partial charge in [0.1, 0.15) is 11.8 Å². The molecule has 1 heterocycles. The lowest BCUT2D eigenvalue weighted by molar-refractivity contribution is -0.136. The van der Waals surface area contributed by atoms with E-state index in [1.165, 1.54) is 6.07 Å². The Morgan fingerprint density at radius 3 is 2.32 bits per heavy atom. The Morgan fingerprint density at radius 2 is 1.68 bits per heavy atom. The van der Waals surface area contributed by atoms with Crippen molar-refractivity contribution in [2.24, 2.45) is 0 Å². The molecule has 2 aromatic carbocycles. The second-order valence-corrected chi connectivity index (χ2v) is 10.0. The number of carbonyl (C=O) groups excluding carboxylic acids is 3. The number of nitrogens with zero attached hydrogens (tertiary/aromatic N) is 2. The maximum absolute atomic E-state index is 13.5. The number of hydrogen-bond acceptors (Lipinski definition) is 4. The van der Waals surface area contributed by atoms with Crippen molar-refractivity contribution in [1.82, 2.24) is 14.8 Å². The van der Waals surface area contributed by atoms with Crippen LogP contribution in [0.4, 0.5) is 0 Å². The third kappa shape index (κ3) is 6.76. The molecule has 0 aliphatic rings. The molecular formula is C30H38ClN3O4. The Labute approximate surface area is 229 Å². The third-order valence-corrected chi connectivity index (χ3v) is 7.26. The molecule has 0 saturated carbocycles. The van der Waals surface area contributed by atoms with Crippen molar-refractivity contribution in [3.8, 4) is 5.75 Å². The first-order chi connectivity index (χ1) is 18.2. The van der Waals surface area contributed by atoms with Gasteiger partial charge in [-0.15, -0.1) is 0 Å². The zero-order valence-corrected chi connectivity index (χ0v) is 23.5. The Morgan fingerprint density at radius 1 is 1.00 bits per heavy atom. The van der Waals surface area contributed by atoms with Gasteiger partial charge in [-0.1, -0.05) is 44.2 Å². The van der Waals surface area contributed by atoms with Crippen LogP contribution >= 0.6 is 11.6 Å². The number of fused-ring (bicyclic) bond motifs is 1. The molecule has 2 N–H and O–H groups in total. The molecule has 3 rings (SSSR count). The van der Waals surface area contributed by atoms with E-state index in [9.17, 15) is 19.5 Å². The van der Waals surface area contributed by atoms with Gasteiger partial charge < -0.3 is 15.3 Å². The zero-order chi connectivity index (χ0) is 27.8. The van der Waals surface area contributed by atoms with Crippen molar-refractivity contribution < 1.29 is 19.5 Å². The minimum atomic E-state index is -0.600. The van der Waals surface area contributed by atoms with E-state index < -0.39 is 6.04 Å². The number of halogens is 1. The van der Waals surface area contributed by atoms with E-state index in [0.29, 0.717) is 52.3 Å². The van der Waals surface area contributed by atoms with Crippen molar-refractivity contribution in [3.05, 3.63) is 64.3 Å². The monoisotopic (exact) mass is 539 g/mol. The largest absolute Gasteiger partial charge is 0.508 e. The molecule has 3 aromatic rings. The van der Waals surface area contributed by atoms with Crippen LogP contribution in [0.5, 0.6) is 5.75 Å². The Kier molecular flexibility index (Phi) is 10.4. The highest BCUT2D eigenvalue weighted by atomic mass is 35.5. The number of unbranched alkanes of at least 4 members (excludes halogenated alkanes) is 3. The molecule has 2 amide bonds. The van der Waals surface area contributed by atoms with Gasteiger partial charge in [-0.3, -0.25) is 19.0 Å². The number of amides is 2. The van der Waals surface area contributed by atoms with Crippen LogP contribution in [0.2, 0.25) is 5.02 Å². The van der Waals surface area contributed by atoms with Crippen LogP contribution in [-0.4, -0.2) is 51.4 Å². The van der Waals surface area contributed by atoms with E-state index in [2.05, 4.69) is 12.2 Å². The summed E-state index contributed by atoms with van der Waals surface area (Å²) in [6.07, 6.45) is 4.60. The Balaban J connectivity index is 1.92. The van der Waals surface area contributed by atoms with E-state index in [-0.39, 0.29) is 29.9 Å². The predicted octanol–water partition coefficient (Wildman–Crippen LogP) is 5.86. The number of aromatic nitrogens is 1. The van der Waals surface area contributed by atoms with Crippen LogP contribution in [0.25, 0.3) is 10.9 Å². The van der Waals surface area contributed by atoms with Gasteiger partial charge in [-0.05, 0) is 75.2 Å². The van der Waals surface area contributed by atoms with E-state index >= 15 is 0 Å². The smallest absolute Gasteiger partial charge is 0.262 e. The highest BCUT2D eigenvalue weighted by Gasteiger charge is 2.26. The number of aromatic hydroxyl groups is 1. The van der Waals surface area contributed by atoms with Crippen LogP contribution in [0.15, 0.2) is 42.5 Å². The molecule has 0 saturated heterocycles. The van der Waals surface area contributed by atoms with Crippen molar-refractivity contribution in [2.45, 2.75) is 72.3 Å². The first-order valence-electron chi connectivity index (χ1n) is 13.4. The van der Waals surface area contributed by atoms with E-state index in [4.69, 9.17) is 11.6 Å². The lowest BCUT2D eigenvalue weighted by Crippen LogP contribution is -2.49. The van der Waals surface area contributed by atoms with Crippen molar-refractivity contribution in [3.63, 3.8) is 0 Å². The fraction of sp³-hybridized carbons (Fsp3) is 0.433. The molecular weight excluding hydrogens is 502 g/mol. The quantitative estimate of drug-likeness (QED) is 0.282. The lowest BCUT2D eigenvalue weighted by atomic mass is 10.0. The molecule has 7 nitrogen and oxygen atoms in total. The van der Waals surface area contributed by atoms with E-state index in [0.717, 1.165) is 25.7 Å². The SMILES string of the molecule is CCCCCCC(NC(=O)Cc1c(C)n(C(=O)c2ccc(Cl)cc2)c2ccc(O)cc12)C(=O)N(CC)CC. The summed E-state index contributed by atoms with van der Waals surface area (Å²) in [4.78, 5) is 41.7. The molecule has 1 aromatic heterocycles. The van der Waals surface area contributed by atoms with Gasteiger partial charge in [0, 0.05) is 34.8 Å².